The minimum atomic E-state index is -0.854. The second kappa shape index (κ2) is 6.67. The number of aliphatic hydroxyl groups is 1. The van der Waals surface area contributed by atoms with Gasteiger partial charge in [-0.25, -0.2) is 4.39 Å². The zero-order chi connectivity index (χ0) is 18.3. The van der Waals surface area contributed by atoms with E-state index in [1.807, 2.05) is 0 Å². The van der Waals surface area contributed by atoms with Crippen molar-refractivity contribution in [3.8, 4) is 5.75 Å². The van der Waals surface area contributed by atoms with E-state index in [1.54, 1.807) is 19.2 Å². The molecule has 0 radical (unpaired) electrons. The number of piperidine rings is 1. The molecular weight excluding hydrogens is 329 g/mol. The van der Waals surface area contributed by atoms with Crippen LogP contribution < -0.4 is 4.74 Å². The fraction of sp³-hybridized carbons (Fsp3) is 0.455. The lowest BCUT2D eigenvalue weighted by Gasteiger charge is -2.44. The SMILES string of the molecule is COc1c(C)cccc1CN1[C@H]2CC[C@H]1CC(O)(c1ccc(F)cc1)C2. The van der Waals surface area contributed by atoms with Crippen molar-refractivity contribution in [1.29, 1.82) is 0 Å². The van der Waals surface area contributed by atoms with Crippen LogP contribution in [-0.2, 0) is 12.1 Å². The first-order valence-electron chi connectivity index (χ1n) is 9.37. The largest absolute Gasteiger partial charge is 0.496 e. The maximum absolute atomic E-state index is 13.3. The summed E-state index contributed by atoms with van der Waals surface area (Å²) in [6.07, 6.45) is 3.59. The van der Waals surface area contributed by atoms with Gasteiger partial charge in [-0.3, -0.25) is 4.90 Å². The quantitative estimate of drug-likeness (QED) is 0.894. The van der Waals surface area contributed by atoms with Crippen LogP contribution in [0.15, 0.2) is 42.5 Å². The van der Waals surface area contributed by atoms with Gasteiger partial charge in [-0.2, -0.15) is 0 Å². The third kappa shape index (κ3) is 3.01. The van der Waals surface area contributed by atoms with Gasteiger partial charge >= 0.3 is 0 Å². The zero-order valence-corrected chi connectivity index (χ0v) is 15.4. The molecule has 2 aromatic rings. The summed E-state index contributed by atoms with van der Waals surface area (Å²) in [5.74, 6) is 0.704. The van der Waals surface area contributed by atoms with Crippen molar-refractivity contribution < 1.29 is 14.2 Å². The normalized spacial score (nSPS) is 28.3. The van der Waals surface area contributed by atoms with E-state index in [-0.39, 0.29) is 5.82 Å². The van der Waals surface area contributed by atoms with Crippen LogP contribution in [0, 0.1) is 12.7 Å². The fourth-order valence-electron chi connectivity index (χ4n) is 4.90. The molecule has 2 atom stereocenters. The van der Waals surface area contributed by atoms with Gasteiger partial charge in [0.15, 0.2) is 0 Å². The van der Waals surface area contributed by atoms with Crippen molar-refractivity contribution in [3.63, 3.8) is 0 Å². The van der Waals surface area contributed by atoms with Crippen molar-refractivity contribution in [2.24, 2.45) is 0 Å². The lowest BCUT2D eigenvalue weighted by molar-refractivity contribution is -0.0596. The van der Waals surface area contributed by atoms with Gasteiger partial charge in [0.1, 0.15) is 11.6 Å². The smallest absolute Gasteiger partial charge is 0.126 e. The first-order chi connectivity index (χ1) is 12.5. The van der Waals surface area contributed by atoms with Gasteiger partial charge in [-0.1, -0.05) is 30.3 Å². The molecule has 2 aliphatic rings. The Hall–Kier alpha value is -1.91. The molecule has 2 fully saturated rings. The molecule has 0 unspecified atom stereocenters. The summed E-state index contributed by atoms with van der Waals surface area (Å²) in [5, 5.41) is 11.3. The van der Waals surface area contributed by atoms with Crippen LogP contribution in [0.2, 0.25) is 0 Å². The molecule has 2 bridgehead atoms. The molecule has 2 aromatic carbocycles. The Morgan fingerprint density at radius 1 is 1.12 bits per heavy atom. The number of halogens is 1. The van der Waals surface area contributed by atoms with E-state index >= 15 is 0 Å². The van der Waals surface area contributed by atoms with Gasteiger partial charge in [0, 0.05) is 24.2 Å². The van der Waals surface area contributed by atoms with Gasteiger partial charge < -0.3 is 9.84 Å². The molecule has 0 spiro atoms. The number of nitrogens with zero attached hydrogens (tertiary/aromatic N) is 1. The van der Waals surface area contributed by atoms with E-state index in [0.29, 0.717) is 24.9 Å². The molecule has 0 saturated carbocycles. The van der Waals surface area contributed by atoms with Gasteiger partial charge in [-0.05, 0) is 55.9 Å². The maximum Gasteiger partial charge on any atom is 0.126 e. The molecule has 0 amide bonds. The Balaban J connectivity index is 1.56. The monoisotopic (exact) mass is 355 g/mol. The zero-order valence-electron chi connectivity index (χ0n) is 15.4. The fourth-order valence-corrected chi connectivity index (χ4v) is 4.90. The van der Waals surface area contributed by atoms with E-state index in [0.717, 1.165) is 36.3 Å². The van der Waals surface area contributed by atoms with Crippen molar-refractivity contribution in [1.82, 2.24) is 4.90 Å². The van der Waals surface area contributed by atoms with Crippen LogP contribution in [0.25, 0.3) is 0 Å². The lowest BCUT2D eigenvalue weighted by atomic mass is 9.80. The van der Waals surface area contributed by atoms with Crippen LogP contribution in [0.4, 0.5) is 4.39 Å². The predicted octanol–water partition coefficient (Wildman–Crippen LogP) is 4.16. The number of fused-ring (bicyclic) bond motifs is 2. The molecule has 2 aliphatic heterocycles. The summed E-state index contributed by atoms with van der Waals surface area (Å²) in [6.45, 7) is 2.92. The molecule has 3 nitrogen and oxygen atoms in total. The van der Waals surface area contributed by atoms with E-state index < -0.39 is 5.60 Å². The summed E-state index contributed by atoms with van der Waals surface area (Å²) in [6, 6.07) is 13.3. The number of para-hydroxylation sites is 1. The highest BCUT2D eigenvalue weighted by Gasteiger charge is 2.48. The second-order valence-electron chi connectivity index (χ2n) is 7.77. The molecule has 4 heteroatoms. The first kappa shape index (κ1) is 17.5. The Morgan fingerprint density at radius 3 is 2.38 bits per heavy atom. The maximum atomic E-state index is 13.3. The number of hydrogen-bond donors (Lipinski definition) is 1. The lowest BCUT2D eigenvalue weighted by Crippen LogP contribution is -2.49. The summed E-state index contributed by atoms with van der Waals surface area (Å²) in [7, 11) is 1.73. The van der Waals surface area contributed by atoms with Gasteiger partial charge in [0.05, 0.1) is 12.7 Å². The Bertz CT molecular complexity index is 775. The predicted molar refractivity (Wildman–Crippen MR) is 99.6 cm³/mol. The molecule has 2 heterocycles. The number of benzene rings is 2. The molecule has 0 aliphatic carbocycles. The minimum absolute atomic E-state index is 0.260. The van der Waals surface area contributed by atoms with Gasteiger partial charge in [0.25, 0.3) is 0 Å². The summed E-state index contributed by atoms with van der Waals surface area (Å²) in [5.41, 5.74) is 2.34. The Labute approximate surface area is 154 Å². The molecule has 4 rings (SSSR count). The molecule has 138 valence electrons. The highest BCUT2D eigenvalue weighted by atomic mass is 19.1. The third-order valence-electron chi connectivity index (χ3n) is 6.15. The molecule has 1 N–H and O–H groups in total. The standard InChI is InChI=1S/C22H26FNO2/c1-15-4-3-5-16(21(15)26-2)14-24-19-10-11-20(24)13-22(25,12-19)17-6-8-18(23)9-7-17/h3-9,19-20,25H,10-14H2,1-2H3/t19-,20-/m0/s1. The number of methoxy groups -OCH3 is 1. The topological polar surface area (TPSA) is 32.7 Å². The Morgan fingerprint density at radius 2 is 1.77 bits per heavy atom. The van der Waals surface area contributed by atoms with E-state index in [2.05, 4.69) is 30.0 Å². The molecule has 2 saturated heterocycles. The van der Waals surface area contributed by atoms with E-state index in [4.69, 9.17) is 4.74 Å². The summed E-state index contributed by atoms with van der Waals surface area (Å²) in [4.78, 5) is 2.52. The van der Waals surface area contributed by atoms with Crippen LogP contribution in [0.5, 0.6) is 5.75 Å². The highest BCUT2D eigenvalue weighted by molar-refractivity contribution is 5.41. The summed E-state index contributed by atoms with van der Waals surface area (Å²) < 4.78 is 18.9. The van der Waals surface area contributed by atoms with E-state index in [1.165, 1.54) is 17.7 Å². The number of rotatable bonds is 4. The van der Waals surface area contributed by atoms with Crippen molar-refractivity contribution in [2.75, 3.05) is 7.11 Å². The molecule has 26 heavy (non-hydrogen) atoms. The molecular formula is C22H26FNO2. The van der Waals surface area contributed by atoms with Crippen molar-refractivity contribution in [2.45, 2.75) is 56.8 Å². The average Bonchev–Trinajstić information content (AvgIpc) is 2.86. The third-order valence-corrected chi connectivity index (χ3v) is 6.15. The minimum Gasteiger partial charge on any atom is -0.496 e. The molecule has 0 aromatic heterocycles. The first-order valence-corrected chi connectivity index (χ1v) is 9.37. The van der Waals surface area contributed by atoms with Crippen LogP contribution in [0.1, 0.15) is 42.4 Å². The van der Waals surface area contributed by atoms with Crippen molar-refractivity contribution in [3.05, 3.63) is 65.0 Å². The highest BCUT2D eigenvalue weighted by Crippen LogP contribution is 2.46. The second-order valence-corrected chi connectivity index (χ2v) is 7.77. The van der Waals surface area contributed by atoms with E-state index in [9.17, 15) is 9.50 Å². The van der Waals surface area contributed by atoms with Gasteiger partial charge in [-0.15, -0.1) is 0 Å². The van der Waals surface area contributed by atoms with Gasteiger partial charge in [0.2, 0.25) is 0 Å². The van der Waals surface area contributed by atoms with Crippen molar-refractivity contribution >= 4 is 0 Å². The Kier molecular flexibility index (Phi) is 4.49. The number of ether oxygens (including phenoxy) is 1. The number of aryl methyl sites for hydroxylation is 1. The summed E-state index contributed by atoms with van der Waals surface area (Å²) >= 11 is 0. The van der Waals surface area contributed by atoms with Crippen LogP contribution in [-0.4, -0.2) is 29.2 Å². The average molecular weight is 355 g/mol. The van der Waals surface area contributed by atoms with Crippen LogP contribution in [0.3, 0.4) is 0 Å². The van der Waals surface area contributed by atoms with Crippen LogP contribution >= 0.6 is 0 Å². The number of hydrogen-bond acceptors (Lipinski definition) is 3.